The smallest absolute Gasteiger partial charge is 0.193 e. The standard InChI is InChI=1S/C18H25N5.HI/c1-3-16-14(12-23(2)22-16)11-20-18(19)21-17-10-6-8-13-7-4-5-9-15(13)17;/h6,8,10,12H,3-5,7,9,11H2,1-2H3,(H3,19,20,21);1H. The second-order valence-electron chi connectivity index (χ2n) is 6.11. The number of nitrogens with one attached hydrogen (secondary N) is 1. The minimum atomic E-state index is 0. The molecule has 0 aliphatic heterocycles. The third-order valence-electron chi connectivity index (χ3n) is 4.41. The summed E-state index contributed by atoms with van der Waals surface area (Å²) in [5.41, 5.74) is 12.3. The molecule has 0 unspecified atom stereocenters. The highest BCUT2D eigenvalue weighted by atomic mass is 127. The molecule has 0 saturated heterocycles. The molecule has 3 N–H and O–H groups in total. The van der Waals surface area contributed by atoms with E-state index in [0.29, 0.717) is 12.5 Å². The van der Waals surface area contributed by atoms with Crippen LogP contribution in [0.25, 0.3) is 0 Å². The minimum Gasteiger partial charge on any atom is -0.370 e. The predicted octanol–water partition coefficient (Wildman–Crippen LogP) is 3.41. The van der Waals surface area contributed by atoms with Gasteiger partial charge in [-0.1, -0.05) is 19.1 Å². The molecule has 3 rings (SSSR count). The first-order valence-corrected chi connectivity index (χ1v) is 8.36. The van der Waals surface area contributed by atoms with Crippen LogP contribution in [0.1, 0.15) is 42.1 Å². The summed E-state index contributed by atoms with van der Waals surface area (Å²) in [6.07, 6.45) is 7.73. The van der Waals surface area contributed by atoms with Crippen molar-refractivity contribution in [3.05, 3.63) is 46.8 Å². The van der Waals surface area contributed by atoms with Crippen molar-refractivity contribution >= 4 is 35.6 Å². The number of halogens is 1. The lowest BCUT2D eigenvalue weighted by atomic mass is 9.90. The number of hydrogen-bond donors (Lipinski definition) is 2. The lowest BCUT2D eigenvalue weighted by Gasteiger charge is -2.19. The highest BCUT2D eigenvalue weighted by Gasteiger charge is 2.13. The van der Waals surface area contributed by atoms with E-state index < -0.39 is 0 Å². The van der Waals surface area contributed by atoms with Gasteiger partial charge >= 0.3 is 0 Å². The Balaban J connectivity index is 0.00000208. The SMILES string of the molecule is CCc1nn(C)cc1CN=C(N)Nc1cccc2c1CCCC2.I. The maximum atomic E-state index is 6.10. The average molecular weight is 439 g/mol. The number of nitrogens with two attached hydrogens (primary N) is 1. The molecule has 0 spiro atoms. The van der Waals surface area contributed by atoms with Crippen molar-refractivity contribution in [2.45, 2.75) is 45.6 Å². The molecular weight excluding hydrogens is 413 g/mol. The van der Waals surface area contributed by atoms with Gasteiger partial charge in [-0.2, -0.15) is 5.10 Å². The fourth-order valence-corrected chi connectivity index (χ4v) is 3.26. The van der Waals surface area contributed by atoms with Crippen LogP contribution in [-0.2, 0) is 32.9 Å². The number of aliphatic imine (C=N–C) groups is 1. The molecule has 6 heteroatoms. The zero-order valence-electron chi connectivity index (χ0n) is 14.4. The van der Waals surface area contributed by atoms with Crippen LogP contribution < -0.4 is 11.1 Å². The molecule has 1 heterocycles. The third kappa shape index (κ3) is 4.28. The third-order valence-corrected chi connectivity index (χ3v) is 4.41. The monoisotopic (exact) mass is 439 g/mol. The van der Waals surface area contributed by atoms with Gasteiger partial charge in [-0.3, -0.25) is 4.68 Å². The first kappa shape index (κ1) is 18.8. The molecule has 5 nitrogen and oxygen atoms in total. The van der Waals surface area contributed by atoms with Gasteiger partial charge in [-0.25, -0.2) is 4.99 Å². The summed E-state index contributed by atoms with van der Waals surface area (Å²) in [5.74, 6) is 0.467. The maximum Gasteiger partial charge on any atom is 0.193 e. The summed E-state index contributed by atoms with van der Waals surface area (Å²) in [7, 11) is 1.93. The van der Waals surface area contributed by atoms with Crippen LogP contribution in [0.5, 0.6) is 0 Å². The molecule has 24 heavy (non-hydrogen) atoms. The van der Waals surface area contributed by atoms with Crippen molar-refractivity contribution in [3.63, 3.8) is 0 Å². The number of aromatic nitrogens is 2. The molecule has 1 aromatic heterocycles. The highest BCUT2D eigenvalue weighted by molar-refractivity contribution is 14.0. The molecule has 1 aliphatic carbocycles. The Morgan fingerprint density at radius 3 is 2.92 bits per heavy atom. The van der Waals surface area contributed by atoms with Crippen LogP contribution in [0.15, 0.2) is 29.4 Å². The van der Waals surface area contributed by atoms with Gasteiger partial charge in [0.1, 0.15) is 0 Å². The van der Waals surface area contributed by atoms with Crippen LogP contribution in [0.3, 0.4) is 0 Å². The Bertz CT molecular complexity index is 720. The van der Waals surface area contributed by atoms with E-state index >= 15 is 0 Å². The maximum absolute atomic E-state index is 6.10. The molecule has 0 fully saturated rings. The number of guanidine groups is 1. The summed E-state index contributed by atoms with van der Waals surface area (Å²) in [6.45, 7) is 2.66. The topological polar surface area (TPSA) is 68.2 Å². The van der Waals surface area contributed by atoms with Crippen molar-refractivity contribution in [2.75, 3.05) is 5.32 Å². The number of hydrogen-bond acceptors (Lipinski definition) is 2. The van der Waals surface area contributed by atoms with E-state index in [1.807, 2.05) is 17.9 Å². The minimum absolute atomic E-state index is 0. The molecule has 2 aromatic rings. The van der Waals surface area contributed by atoms with Crippen LogP contribution in [0, 0.1) is 0 Å². The fourth-order valence-electron chi connectivity index (χ4n) is 3.26. The van der Waals surface area contributed by atoms with Gasteiger partial charge in [0.2, 0.25) is 0 Å². The number of anilines is 1. The lowest BCUT2D eigenvalue weighted by Crippen LogP contribution is -2.24. The molecule has 1 aromatic carbocycles. The summed E-state index contributed by atoms with van der Waals surface area (Å²) in [4.78, 5) is 4.49. The van der Waals surface area contributed by atoms with E-state index in [1.54, 1.807) is 0 Å². The first-order chi connectivity index (χ1) is 11.2. The number of benzene rings is 1. The van der Waals surface area contributed by atoms with Crippen molar-refractivity contribution in [2.24, 2.45) is 17.8 Å². The Morgan fingerprint density at radius 2 is 2.12 bits per heavy atom. The molecule has 0 amide bonds. The molecule has 1 aliphatic rings. The Kier molecular flexibility index (Phi) is 6.65. The summed E-state index contributed by atoms with van der Waals surface area (Å²) in [5, 5.41) is 7.72. The Morgan fingerprint density at radius 1 is 1.33 bits per heavy atom. The quantitative estimate of drug-likeness (QED) is 0.436. The van der Waals surface area contributed by atoms with Crippen LogP contribution >= 0.6 is 24.0 Å². The Hall–Kier alpha value is -1.57. The van der Waals surface area contributed by atoms with Crippen molar-refractivity contribution in [1.29, 1.82) is 0 Å². The summed E-state index contributed by atoms with van der Waals surface area (Å²) in [6, 6.07) is 6.40. The van der Waals surface area contributed by atoms with E-state index in [0.717, 1.165) is 36.2 Å². The number of nitrogens with zero attached hydrogens (tertiary/aromatic N) is 3. The van der Waals surface area contributed by atoms with Crippen LogP contribution in [-0.4, -0.2) is 15.7 Å². The second kappa shape index (κ2) is 8.50. The van der Waals surface area contributed by atoms with Gasteiger partial charge in [0.05, 0.1) is 12.2 Å². The van der Waals surface area contributed by atoms with Crippen LogP contribution in [0.4, 0.5) is 5.69 Å². The summed E-state index contributed by atoms with van der Waals surface area (Å²) >= 11 is 0. The average Bonchev–Trinajstić information content (AvgIpc) is 2.93. The Labute approximate surface area is 160 Å². The van der Waals surface area contributed by atoms with Gasteiger partial charge in [-0.15, -0.1) is 24.0 Å². The van der Waals surface area contributed by atoms with Crippen molar-refractivity contribution in [1.82, 2.24) is 9.78 Å². The zero-order chi connectivity index (χ0) is 16.2. The number of fused-ring (bicyclic) bond motifs is 1. The first-order valence-electron chi connectivity index (χ1n) is 8.36. The lowest BCUT2D eigenvalue weighted by molar-refractivity contribution is 0.687. The van der Waals surface area contributed by atoms with E-state index in [-0.39, 0.29) is 24.0 Å². The van der Waals surface area contributed by atoms with Gasteiger partial charge in [0, 0.05) is 24.5 Å². The van der Waals surface area contributed by atoms with Crippen LogP contribution in [0.2, 0.25) is 0 Å². The zero-order valence-corrected chi connectivity index (χ0v) is 16.7. The molecule has 130 valence electrons. The van der Waals surface area contributed by atoms with Gasteiger partial charge in [-0.05, 0) is 49.3 Å². The van der Waals surface area contributed by atoms with E-state index in [2.05, 4.69) is 40.5 Å². The predicted molar refractivity (Wildman–Crippen MR) is 110 cm³/mol. The van der Waals surface area contributed by atoms with Gasteiger partial charge in [0.15, 0.2) is 5.96 Å². The number of aryl methyl sites for hydroxylation is 3. The largest absolute Gasteiger partial charge is 0.370 e. The summed E-state index contributed by atoms with van der Waals surface area (Å²) < 4.78 is 1.83. The second-order valence-corrected chi connectivity index (χ2v) is 6.11. The molecule has 0 bridgehead atoms. The normalized spacial score (nSPS) is 14.0. The molecule has 0 radical (unpaired) electrons. The van der Waals surface area contributed by atoms with E-state index in [4.69, 9.17) is 5.73 Å². The van der Waals surface area contributed by atoms with E-state index in [1.165, 1.54) is 24.0 Å². The highest BCUT2D eigenvalue weighted by Crippen LogP contribution is 2.27. The fraction of sp³-hybridized carbons (Fsp3) is 0.444. The van der Waals surface area contributed by atoms with Gasteiger partial charge in [0.25, 0.3) is 0 Å². The molecule has 0 saturated carbocycles. The molecule has 0 atom stereocenters. The van der Waals surface area contributed by atoms with E-state index in [9.17, 15) is 0 Å². The van der Waals surface area contributed by atoms with Crippen molar-refractivity contribution < 1.29 is 0 Å². The molecular formula is C18H26IN5. The number of rotatable bonds is 4. The van der Waals surface area contributed by atoms with Crippen molar-refractivity contribution in [3.8, 4) is 0 Å². The van der Waals surface area contributed by atoms with Gasteiger partial charge < -0.3 is 11.1 Å².